The highest BCUT2D eigenvalue weighted by Gasteiger charge is 2.22. The summed E-state index contributed by atoms with van der Waals surface area (Å²) in [6.07, 6.45) is -2.52. The number of aliphatic hydroxyl groups is 1. The van der Waals surface area contributed by atoms with Crippen LogP contribution in [0.2, 0.25) is 0 Å². The standard InChI is InChI=1S/C14H15BrO6/c1-8(16)13(18)21-9(2)14(19)20-7-12(17)10-3-5-11(15)6-4-10/h3-6,8-9,16H,7H2,1-2H3/t8-,9-/m0/s1. The molecule has 2 atom stereocenters. The van der Waals surface area contributed by atoms with E-state index in [2.05, 4.69) is 20.7 Å². The highest BCUT2D eigenvalue weighted by Crippen LogP contribution is 2.11. The lowest BCUT2D eigenvalue weighted by Gasteiger charge is -2.13. The molecule has 0 unspecified atom stereocenters. The van der Waals surface area contributed by atoms with E-state index < -0.39 is 30.8 Å². The maximum atomic E-state index is 11.8. The Labute approximate surface area is 130 Å². The Morgan fingerprint density at radius 2 is 1.71 bits per heavy atom. The number of Topliss-reactive ketones (excluding diaryl/α,β-unsaturated/α-hetero) is 1. The maximum Gasteiger partial charge on any atom is 0.347 e. The van der Waals surface area contributed by atoms with Crippen LogP contribution in [0.25, 0.3) is 0 Å². The lowest BCUT2D eigenvalue weighted by Crippen LogP contribution is -2.31. The monoisotopic (exact) mass is 358 g/mol. The van der Waals surface area contributed by atoms with Crippen LogP contribution >= 0.6 is 15.9 Å². The zero-order valence-electron chi connectivity index (χ0n) is 11.5. The number of carbonyl (C=O) groups is 3. The van der Waals surface area contributed by atoms with E-state index in [4.69, 9.17) is 9.84 Å². The fourth-order valence-electron chi connectivity index (χ4n) is 1.29. The van der Waals surface area contributed by atoms with Crippen LogP contribution in [0.5, 0.6) is 0 Å². The van der Waals surface area contributed by atoms with Gasteiger partial charge in [-0.3, -0.25) is 4.79 Å². The summed E-state index contributed by atoms with van der Waals surface area (Å²) in [6.45, 7) is 2.07. The van der Waals surface area contributed by atoms with E-state index in [-0.39, 0.29) is 5.78 Å². The van der Waals surface area contributed by atoms with Crippen molar-refractivity contribution in [2.45, 2.75) is 26.1 Å². The first-order chi connectivity index (χ1) is 9.81. The molecule has 0 heterocycles. The number of hydrogen-bond donors (Lipinski definition) is 1. The zero-order chi connectivity index (χ0) is 16.0. The largest absolute Gasteiger partial charge is 0.455 e. The number of esters is 2. The van der Waals surface area contributed by atoms with E-state index >= 15 is 0 Å². The number of rotatable bonds is 6. The quantitative estimate of drug-likeness (QED) is 0.611. The molecular formula is C14H15BrO6. The molecule has 0 aliphatic carbocycles. The van der Waals surface area contributed by atoms with E-state index in [1.165, 1.54) is 13.8 Å². The minimum absolute atomic E-state index is 0.370. The van der Waals surface area contributed by atoms with E-state index in [0.29, 0.717) is 5.56 Å². The van der Waals surface area contributed by atoms with Gasteiger partial charge >= 0.3 is 11.9 Å². The summed E-state index contributed by atoms with van der Waals surface area (Å²) in [4.78, 5) is 34.4. The minimum atomic E-state index is -1.33. The van der Waals surface area contributed by atoms with Crippen LogP contribution in [0.1, 0.15) is 24.2 Å². The van der Waals surface area contributed by atoms with Gasteiger partial charge in [-0.25, -0.2) is 9.59 Å². The van der Waals surface area contributed by atoms with Gasteiger partial charge in [0.1, 0.15) is 6.10 Å². The molecule has 0 bridgehead atoms. The van der Waals surface area contributed by atoms with Crippen LogP contribution in [0.4, 0.5) is 0 Å². The van der Waals surface area contributed by atoms with Gasteiger partial charge in [0.25, 0.3) is 0 Å². The van der Waals surface area contributed by atoms with Gasteiger partial charge in [-0.1, -0.05) is 28.1 Å². The Balaban J connectivity index is 2.47. The molecule has 0 saturated carbocycles. The Bertz CT molecular complexity index is 523. The molecular weight excluding hydrogens is 344 g/mol. The van der Waals surface area contributed by atoms with E-state index in [1.54, 1.807) is 24.3 Å². The van der Waals surface area contributed by atoms with Crippen LogP contribution < -0.4 is 0 Å². The molecule has 1 aromatic rings. The molecule has 0 aliphatic heterocycles. The molecule has 0 fully saturated rings. The van der Waals surface area contributed by atoms with Gasteiger partial charge in [0, 0.05) is 10.0 Å². The van der Waals surface area contributed by atoms with Crippen molar-refractivity contribution < 1.29 is 29.0 Å². The topological polar surface area (TPSA) is 89.9 Å². The smallest absolute Gasteiger partial charge is 0.347 e. The molecule has 6 nitrogen and oxygen atoms in total. The van der Waals surface area contributed by atoms with Gasteiger partial charge < -0.3 is 14.6 Å². The molecule has 0 aliphatic rings. The fraction of sp³-hybridized carbons (Fsp3) is 0.357. The zero-order valence-corrected chi connectivity index (χ0v) is 13.1. The van der Waals surface area contributed by atoms with Gasteiger partial charge in [-0.05, 0) is 26.0 Å². The SMILES string of the molecule is C[C@H](O)C(=O)O[C@@H](C)C(=O)OCC(=O)c1ccc(Br)cc1. The molecule has 1 N–H and O–H groups in total. The summed E-state index contributed by atoms with van der Waals surface area (Å²) in [5.41, 5.74) is 0.402. The molecule has 21 heavy (non-hydrogen) atoms. The molecule has 0 aromatic heterocycles. The highest BCUT2D eigenvalue weighted by molar-refractivity contribution is 9.10. The van der Waals surface area contributed by atoms with Gasteiger partial charge in [-0.15, -0.1) is 0 Å². The number of aliphatic hydroxyl groups excluding tert-OH is 1. The third-order valence-electron chi connectivity index (χ3n) is 2.48. The third kappa shape index (κ3) is 5.65. The highest BCUT2D eigenvalue weighted by atomic mass is 79.9. The van der Waals surface area contributed by atoms with Crippen LogP contribution in [0, 0.1) is 0 Å². The predicted molar refractivity (Wildman–Crippen MR) is 76.7 cm³/mol. The third-order valence-corrected chi connectivity index (χ3v) is 3.01. The second kappa shape index (κ2) is 7.90. The number of ketones is 1. The number of benzene rings is 1. The van der Waals surface area contributed by atoms with Crippen LogP contribution in [0.3, 0.4) is 0 Å². The van der Waals surface area contributed by atoms with E-state index in [9.17, 15) is 14.4 Å². The van der Waals surface area contributed by atoms with Crippen molar-refractivity contribution in [3.05, 3.63) is 34.3 Å². The summed E-state index contributed by atoms with van der Waals surface area (Å²) >= 11 is 3.24. The normalized spacial score (nSPS) is 13.1. The molecule has 1 rings (SSSR count). The van der Waals surface area contributed by atoms with Crippen molar-refractivity contribution in [3.8, 4) is 0 Å². The number of hydrogen-bond acceptors (Lipinski definition) is 6. The average Bonchev–Trinajstić information content (AvgIpc) is 2.44. The summed E-state index contributed by atoms with van der Waals surface area (Å²) in [5.74, 6) is -2.15. The molecule has 0 amide bonds. The molecule has 7 heteroatoms. The number of halogens is 1. The van der Waals surface area contributed by atoms with Crippen molar-refractivity contribution in [1.82, 2.24) is 0 Å². The van der Waals surface area contributed by atoms with Crippen LogP contribution in [0.15, 0.2) is 28.7 Å². The molecule has 0 radical (unpaired) electrons. The average molecular weight is 359 g/mol. The number of ether oxygens (including phenoxy) is 2. The predicted octanol–water partition coefficient (Wildman–Crippen LogP) is 1.49. The lowest BCUT2D eigenvalue weighted by molar-refractivity contribution is -0.170. The van der Waals surface area contributed by atoms with Gasteiger partial charge in [0.2, 0.25) is 0 Å². The summed E-state index contributed by atoms with van der Waals surface area (Å²) < 4.78 is 10.2. The summed E-state index contributed by atoms with van der Waals surface area (Å²) in [5, 5.41) is 8.96. The first-order valence-corrected chi connectivity index (χ1v) is 6.94. The fourth-order valence-corrected chi connectivity index (χ4v) is 1.56. The number of carbonyl (C=O) groups excluding carboxylic acids is 3. The Morgan fingerprint density at radius 3 is 2.24 bits per heavy atom. The maximum absolute atomic E-state index is 11.8. The van der Waals surface area contributed by atoms with Gasteiger partial charge in [-0.2, -0.15) is 0 Å². The minimum Gasteiger partial charge on any atom is -0.455 e. The van der Waals surface area contributed by atoms with E-state index in [1.807, 2.05) is 0 Å². The Morgan fingerprint density at radius 1 is 1.14 bits per heavy atom. The Kier molecular flexibility index (Phi) is 6.51. The molecule has 1 aromatic carbocycles. The molecule has 114 valence electrons. The van der Waals surface area contributed by atoms with Crippen molar-refractivity contribution in [2.75, 3.05) is 6.61 Å². The van der Waals surface area contributed by atoms with E-state index in [0.717, 1.165) is 4.47 Å². The van der Waals surface area contributed by atoms with Crippen molar-refractivity contribution in [2.24, 2.45) is 0 Å². The van der Waals surface area contributed by atoms with Gasteiger partial charge in [0.05, 0.1) is 0 Å². The summed E-state index contributed by atoms with van der Waals surface area (Å²) in [6, 6.07) is 6.58. The van der Waals surface area contributed by atoms with Crippen molar-refractivity contribution in [3.63, 3.8) is 0 Å². The second-order valence-electron chi connectivity index (χ2n) is 4.29. The summed E-state index contributed by atoms with van der Waals surface area (Å²) in [7, 11) is 0. The Hall–Kier alpha value is -1.73. The van der Waals surface area contributed by atoms with Crippen LogP contribution in [-0.2, 0) is 19.1 Å². The molecule has 0 saturated heterocycles. The van der Waals surface area contributed by atoms with Crippen LogP contribution in [-0.4, -0.2) is 41.6 Å². The molecule has 0 spiro atoms. The van der Waals surface area contributed by atoms with Crippen molar-refractivity contribution >= 4 is 33.7 Å². The van der Waals surface area contributed by atoms with Crippen molar-refractivity contribution in [1.29, 1.82) is 0 Å². The first-order valence-electron chi connectivity index (χ1n) is 6.15. The first kappa shape index (κ1) is 17.3. The lowest BCUT2D eigenvalue weighted by atomic mass is 10.1. The van der Waals surface area contributed by atoms with Gasteiger partial charge in [0.15, 0.2) is 18.5 Å². The second-order valence-corrected chi connectivity index (χ2v) is 5.21.